The number of carbonyl (C=O) groups excluding carboxylic acids is 1. The van der Waals surface area contributed by atoms with Gasteiger partial charge in [0.15, 0.2) is 0 Å². The number of carbonyl (C=O) groups is 1. The molecular formula is C11H9NO2. The highest BCUT2D eigenvalue weighted by Crippen LogP contribution is 2.32. The SMILES string of the molecule is Cc1ccc2c(c1CC#N)OC(=O)C2. The number of nitriles is 1. The highest BCUT2D eigenvalue weighted by Gasteiger charge is 2.23. The van der Waals surface area contributed by atoms with Crippen molar-refractivity contribution in [3.05, 3.63) is 28.8 Å². The lowest BCUT2D eigenvalue weighted by atomic mass is 10.0. The Morgan fingerprint density at radius 3 is 3.07 bits per heavy atom. The minimum atomic E-state index is -0.232. The van der Waals surface area contributed by atoms with Crippen LogP contribution in [0.15, 0.2) is 12.1 Å². The van der Waals surface area contributed by atoms with Crippen LogP contribution < -0.4 is 4.74 Å². The van der Waals surface area contributed by atoms with Gasteiger partial charge < -0.3 is 4.74 Å². The van der Waals surface area contributed by atoms with Gasteiger partial charge in [-0.05, 0) is 12.5 Å². The van der Waals surface area contributed by atoms with Gasteiger partial charge in [0.2, 0.25) is 0 Å². The van der Waals surface area contributed by atoms with Crippen molar-refractivity contribution >= 4 is 5.97 Å². The first-order valence-corrected chi connectivity index (χ1v) is 4.41. The first kappa shape index (κ1) is 8.76. The smallest absolute Gasteiger partial charge is 0.315 e. The summed E-state index contributed by atoms with van der Waals surface area (Å²) in [5, 5.41) is 8.65. The molecule has 3 nitrogen and oxygen atoms in total. The van der Waals surface area contributed by atoms with Crippen LogP contribution in [0.25, 0.3) is 0 Å². The molecule has 0 saturated carbocycles. The molecule has 0 spiro atoms. The minimum absolute atomic E-state index is 0.232. The maximum atomic E-state index is 11.1. The Bertz CT molecular complexity index is 443. The number of esters is 1. The van der Waals surface area contributed by atoms with Crippen LogP contribution >= 0.6 is 0 Å². The van der Waals surface area contributed by atoms with Crippen LogP contribution in [0.2, 0.25) is 0 Å². The number of rotatable bonds is 1. The Kier molecular flexibility index (Phi) is 1.97. The van der Waals surface area contributed by atoms with Crippen molar-refractivity contribution in [2.24, 2.45) is 0 Å². The molecule has 0 atom stereocenters. The Morgan fingerprint density at radius 1 is 1.57 bits per heavy atom. The molecule has 0 radical (unpaired) electrons. The van der Waals surface area contributed by atoms with E-state index in [4.69, 9.17) is 10.00 Å². The van der Waals surface area contributed by atoms with Crippen LogP contribution in [0.5, 0.6) is 5.75 Å². The third-order valence-electron chi connectivity index (χ3n) is 2.38. The fourth-order valence-electron chi connectivity index (χ4n) is 1.65. The summed E-state index contributed by atoms with van der Waals surface area (Å²) in [6.07, 6.45) is 0.621. The lowest BCUT2D eigenvalue weighted by Gasteiger charge is -2.06. The van der Waals surface area contributed by atoms with Crippen molar-refractivity contribution in [1.82, 2.24) is 0 Å². The standard InChI is InChI=1S/C11H9NO2/c1-7-2-3-8-6-10(13)14-11(8)9(7)4-5-12/h2-3H,4,6H2,1H3. The number of nitrogens with zero attached hydrogens (tertiary/aromatic N) is 1. The molecule has 0 aromatic heterocycles. The maximum absolute atomic E-state index is 11.1. The molecule has 1 aliphatic rings. The van der Waals surface area contributed by atoms with Crippen molar-refractivity contribution < 1.29 is 9.53 Å². The highest BCUT2D eigenvalue weighted by atomic mass is 16.5. The maximum Gasteiger partial charge on any atom is 0.315 e. The molecule has 1 aliphatic heterocycles. The number of hydrogen-bond donors (Lipinski definition) is 0. The average molecular weight is 187 g/mol. The second-order valence-corrected chi connectivity index (χ2v) is 3.33. The van der Waals surface area contributed by atoms with E-state index in [1.54, 1.807) is 0 Å². The Hall–Kier alpha value is -1.82. The quantitative estimate of drug-likeness (QED) is 0.494. The fourth-order valence-corrected chi connectivity index (χ4v) is 1.65. The van der Waals surface area contributed by atoms with E-state index in [1.165, 1.54) is 0 Å². The second kappa shape index (κ2) is 3.15. The van der Waals surface area contributed by atoms with Crippen molar-refractivity contribution in [2.45, 2.75) is 19.8 Å². The third kappa shape index (κ3) is 1.25. The summed E-state index contributed by atoms with van der Waals surface area (Å²) in [7, 11) is 0. The summed E-state index contributed by atoms with van der Waals surface area (Å²) in [5.41, 5.74) is 2.74. The molecule has 0 fully saturated rings. The predicted molar refractivity (Wildman–Crippen MR) is 49.8 cm³/mol. The lowest BCUT2D eigenvalue weighted by Crippen LogP contribution is -2.01. The van der Waals surface area contributed by atoms with Gasteiger partial charge in [-0.1, -0.05) is 12.1 Å². The van der Waals surface area contributed by atoms with Gasteiger partial charge in [-0.15, -0.1) is 0 Å². The molecule has 0 bridgehead atoms. The van der Waals surface area contributed by atoms with Crippen molar-refractivity contribution in [3.63, 3.8) is 0 Å². The fraction of sp³-hybridized carbons (Fsp3) is 0.273. The first-order valence-electron chi connectivity index (χ1n) is 4.41. The molecule has 1 aromatic carbocycles. The molecule has 14 heavy (non-hydrogen) atoms. The van der Waals surface area contributed by atoms with Crippen LogP contribution in [0.4, 0.5) is 0 Å². The summed E-state index contributed by atoms with van der Waals surface area (Å²) in [4.78, 5) is 11.1. The van der Waals surface area contributed by atoms with Crippen LogP contribution in [0.3, 0.4) is 0 Å². The van der Waals surface area contributed by atoms with E-state index in [0.29, 0.717) is 18.6 Å². The molecule has 1 aromatic rings. The molecule has 2 rings (SSSR count). The van der Waals surface area contributed by atoms with Crippen molar-refractivity contribution in [3.8, 4) is 11.8 Å². The van der Waals surface area contributed by atoms with Gasteiger partial charge in [0.1, 0.15) is 5.75 Å². The Morgan fingerprint density at radius 2 is 2.36 bits per heavy atom. The van der Waals surface area contributed by atoms with Crippen molar-refractivity contribution in [1.29, 1.82) is 5.26 Å². The second-order valence-electron chi connectivity index (χ2n) is 3.33. The normalized spacial score (nSPS) is 13.3. The molecule has 0 N–H and O–H groups in total. The predicted octanol–water partition coefficient (Wildman–Crippen LogP) is 1.52. The molecule has 70 valence electrons. The molecule has 0 aliphatic carbocycles. The zero-order chi connectivity index (χ0) is 10.1. The monoisotopic (exact) mass is 187 g/mol. The molecule has 0 unspecified atom stereocenters. The molecule has 0 saturated heterocycles. The first-order chi connectivity index (χ1) is 6.72. The lowest BCUT2D eigenvalue weighted by molar-refractivity contribution is -0.131. The van der Waals surface area contributed by atoms with Gasteiger partial charge in [0.25, 0.3) is 0 Å². The Balaban J connectivity index is 2.55. The minimum Gasteiger partial charge on any atom is -0.426 e. The van der Waals surface area contributed by atoms with E-state index < -0.39 is 0 Å². The molecular weight excluding hydrogens is 178 g/mol. The number of fused-ring (bicyclic) bond motifs is 1. The van der Waals surface area contributed by atoms with Gasteiger partial charge in [0, 0.05) is 11.1 Å². The number of ether oxygens (including phenoxy) is 1. The zero-order valence-corrected chi connectivity index (χ0v) is 7.83. The van der Waals surface area contributed by atoms with Gasteiger partial charge in [0.05, 0.1) is 18.9 Å². The summed E-state index contributed by atoms with van der Waals surface area (Å²) in [5.74, 6) is 0.376. The van der Waals surface area contributed by atoms with Gasteiger partial charge >= 0.3 is 5.97 Å². The van der Waals surface area contributed by atoms with Crippen LogP contribution in [0, 0.1) is 18.3 Å². The van der Waals surface area contributed by atoms with E-state index in [-0.39, 0.29) is 5.97 Å². The van der Waals surface area contributed by atoms with Crippen LogP contribution in [-0.2, 0) is 17.6 Å². The van der Waals surface area contributed by atoms with Crippen LogP contribution in [0.1, 0.15) is 16.7 Å². The molecule has 0 amide bonds. The summed E-state index contributed by atoms with van der Waals surface area (Å²) >= 11 is 0. The summed E-state index contributed by atoms with van der Waals surface area (Å²) in [6.45, 7) is 1.92. The molecule has 3 heteroatoms. The van der Waals surface area contributed by atoms with Gasteiger partial charge in [-0.2, -0.15) is 5.26 Å². The van der Waals surface area contributed by atoms with E-state index in [9.17, 15) is 4.79 Å². The van der Waals surface area contributed by atoms with E-state index in [2.05, 4.69) is 6.07 Å². The van der Waals surface area contributed by atoms with E-state index in [1.807, 2.05) is 19.1 Å². The summed E-state index contributed by atoms with van der Waals surface area (Å²) in [6, 6.07) is 5.89. The summed E-state index contributed by atoms with van der Waals surface area (Å²) < 4.78 is 5.08. The van der Waals surface area contributed by atoms with Crippen LogP contribution in [-0.4, -0.2) is 5.97 Å². The van der Waals surface area contributed by atoms with Gasteiger partial charge in [-0.3, -0.25) is 4.79 Å². The van der Waals surface area contributed by atoms with Gasteiger partial charge in [-0.25, -0.2) is 0 Å². The topological polar surface area (TPSA) is 50.1 Å². The largest absolute Gasteiger partial charge is 0.426 e. The van der Waals surface area contributed by atoms with E-state index in [0.717, 1.165) is 16.7 Å². The van der Waals surface area contributed by atoms with E-state index >= 15 is 0 Å². The Labute approximate surface area is 81.9 Å². The highest BCUT2D eigenvalue weighted by molar-refractivity contribution is 5.82. The third-order valence-corrected chi connectivity index (χ3v) is 2.38. The number of aryl methyl sites for hydroxylation is 1. The zero-order valence-electron chi connectivity index (χ0n) is 7.83. The molecule has 1 heterocycles. The number of hydrogen-bond acceptors (Lipinski definition) is 3. The number of benzene rings is 1. The average Bonchev–Trinajstić information content (AvgIpc) is 2.51. The van der Waals surface area contributed by atoms with Crippen molar-refractivity contribution in [2.75, 3.05) is 0 Å².